The van der Waals surface area contributed by atoms with Gasteiger partial charge in [0.1, 0.15) is 10.7 Å². The molecule has 1 N–H and O–H groups in total. The Morgan fingerprint density at radius 2 is 2.08 bits per heavy atom. The van der Waals surface area contributed by atoms with Gasteiger partial charge in [-0.15, -0.1) is 0 Å². The lowest BCUT2D eigenvalue weighted by molar-refractivity contribution is -0.0581. The van der Waals surface area contributed by atoms with Crippen LogP contribution in [-0.4, -0.2) is 51.2 Å². The Hall–Kier alpha value is -1.02. The normalized spacial score (nSPS) is 31.2. The minimum Gasteiger partial charge on any atom is -0.375 e. The molecule has 0 bridgehead atoms. The fourth-order valence-corrected chi connectivity index (χ4v) is 5.14. The number of aryl methyl sites for hydroxylation is 1. The van der Waals surface area contributed by atoms with Crippen LogP contribution in [0.2, 0.25) is 0 Å². The lowest BCUT2D eigenvalue weighted by atomic mass is 10.1. The third-order valence-electron chi connectivity index (χ3n) is 5.29. The Bertz CT molecular complexity index is 735. The van der Waals surface area contributed by atoms with Crippen molar-refractivity contribution < 1.29 is 17.5 Å². The maximum absolute atomic E-state index is 14.0. The number of halogens is 1. The number of hydrogen-bond acceptors (Lipinski definition) is 4. The molecule has 3 atom stereocenters. The summed E-state index contributed by atoms with van der Waals surface area (Å²) in [6.07, 6.45) is 3.49. The fraction of sp³-hybridized carbons (Fsp3) is 0.647. The van der Waals surface area contributed by atoms with Crippen LogP contribution in [0.5, 0.6) is 0 Å². The first kappa shape index (κ1) is 16.4. The quantitative estimate of drug-likeness (QED) is 0.894. The fourth-order valence-electron chi connectivity index (χ4n) is 3.84. The summed E-state index contributed by atoms with van der Waals surface area (Å²) in [5.74, 6) is -0.0151. The monoisotopic (exact) mass is 354 g/mol. The van der Waals surface area contributed by atoms with Gasteiger partial charge in [-0.3, -0.25) is 4.90 Å². The minimum absolute atomic E-state index is 0.192. The molecule has 0 unspecified atom stereocenters. The van der Waals surface area contributed by atoms with Crippen molar-refractivity contribution in [3.8, 4) is 0 Å². The Kier molecular flexibility index (Phi) is 4.15. The zero-order valence-electron chi connectivity index (χ0n) is 13.7. The first-order valence-corrected chi connectivity index (χ1v) is 10.0. The topological polar surface area (TPSA) is 58.6 Å². The van der Waals surface area contributed by atoms with Crippen LogP contribution in [0.25, 0.3) is 0 Å². The van der Waals surface area contributed by atoms with E-state index in [4.69, 9.17) is 4.74 Å². The van der Waals surface area contributed by atoms with Gasteiger partial charge in [0.05, 0.1) is 12.7 Å². The summed E-state index contributed by atoms with van der Waals surface area (Å²) in [7, 11) is -3.84. The van der Waals surface area contributed by atoms with Gasteiger partial charge in [-0.25, -0.2) is 17.5 Å². The molecule has 5 nitrogen and oxygen atoms in total. The predicted octanol–water partition coefficient (Wildman–Crippen LogP) is 1.66. The van der Waals surface area contributed by atoms with Crippen molar-refractivity contribution in [2.75, 3.05) is 19.7 Å². The highest BCUT2D eigenvalue weighted by atomic mass is 32.2. The van der Waals surface area contributed by atoms with Crippen molar-refractivity contribution in [2.45, 2.75) is 49.3 Å². The van der Waals surface area contributed by atoms with Gasteiger partial charge < -0.3 is 4.74 Å². The average molecular weight is 354 g/mol. The van der Waals surface area contributed by atoms with E-state index in [9.17, 15) is 12.8 Å². The number of fused-ring (bicyclic) bond motifs is 1. The standard InChI is InChI=1S/C17H23FN2O3S/c1-11-2-5-17(15(18)6-11)24(21,22)19-13-7-14-10-23-16(12-3-4-12)9-20(14)8-13/h2,5-6,12-14,16,19H,3-4,7-10H2,1H3/t13-,14-,16+/m0/s1. The number of benzene rings is 1. The van der Waals surface area contributed by atoms with Crippen LogP contribution in [0, 0.1) is 18.7 Å². The number of nitrogens with one attached hydrogen (secondary N) is 1. The van der Waals surface area contributed by atoms with E-state index in [0.717, 1.165) is 6.54 Å². The van der Waals surface area contributed by atoms with E-state index in [1.807, 2.05) is 0 Å². The van der Waals surface area contributed by atoms with Crippen molar-refractivity contribution in [3.05, 3.63) is 29.6 Å². The van der Waals surface area contributed by atoms with Gasteiger partial charge in [0, 0.05) is 25.2 Å². The average Bonchev–Trinajstić information content (AvgIpc) is 3.27. The van der Waals surface area contributed by atoms with E-state index in [-0.39, 0.29) is 17.0 Å². The predicted molar refractivity (Wildman–Crippen MR) is 87.7 cm³/mol. The molecule has 1 aliphatic carbocycles. The summed E-state index contributed by atoms with van der Waals surface area (Å²) in [6.45, 7) is 3.95. The SMILES string of the molecule is Cc1ccc(S(=O)(=O)N[C@H]2C[C@H]3CO[C@@H](C4CC4)CN3C2)c(F)c1. The minimum atomic E-state index is -3.84. The van der Waals surface area contributed by atoms with E-state index in [1.54, 1.807) is 13.0 Å². The second-order valence-corrected chi connectivity index (χ2v) is 8.99. The highest BCUT2D eigenvalue weighted by Gasteiger charge is 2.43. The van der Waals surface area contributed by atoms with E-state index in [1.165, 1.54) is 25.0 Å². The lowest BCUT2D eigenvalue weighted by Gasteiger charge is -2.35. The second kappa shape index (κ2) is 6.05. The second-order valence-electron chi connectivity index (χ2n) is 7.30. The Balaban J connectivity index is 1.44. The number of rotatable bonds is 4. The zero-order valence-corrected chi connectivity index (χ0v) is 14.6. The third kappa shape index (κ3) is 3.22. The molecular formula is C17H23FN2O3S. The largest absolute Gasteiger partial charge is 0.375 e. The number of nitrogens with zero attached hydrogens (tertiary/aromatic N) is 1. The summed E-state index contributed by atoms with van der Waals surface area (Å²) in [5.41, 5.74) is 0.702. The highest BCUT2D eigenvalue weighted by molar-refractivity contribution is 7.89. The maximum atomic E-state index is 14.0. The highest BCUT2D eigenvalue weighted by Crippen LogP contribution is 2.38. The Morgan fingerprint density at radius 1 is 1.29 bits per heavy atom. The molecule has 0 radical (unpaired) electrons. The molecule has 0 spiro atoms. The van der Waals surface area contributed by atoms with E-state index < -0.39 is 15.8 Å². The summed E-state index contributed by atoms with van der Waals surface area (Å²) >= 11 is 0. The van der Waals surface area contributed by atoms with Gasteiger partial charge in [0.2, 0.25) is 10.0 Å². The Labute approximate surface area is 142 Å². The molecule has 0 amide bonds. The Morgan fingerprint density at radius 3 is 2.79 bits per heavy atom. The molecule has 132 valence electrons. The molecule has 2 heterocycles. The first-order valence-electron chi connectivity index (χ1n) is 8.56. The molecular weight excluding hydrogens is 331 g/mol. The molecule has 2 saturated heterocycles. The number of morpholine rings is 1. The summed E-state index contributed by atoms with van der Waals surface area (Å²) in [4.78, 5) is 2.05. The summed E-state index contributed by atoms with van der Waals surface area (Å²) in [6, 6.07) is 4.27. The number of hydrogen-bond donors (Lipinski definition) is 1. The van der Waals surface area contributed by atoms with Crippen LogP contribution in [0.15, 0.2) is 23.1 Å². The van der Waals surface area contributed by atoms with Gasteiger partial charge >= 0.3 is 0 Å². The van der Waals surface area contributed by atoms with E-state index >= 15 is 0 Å². The van der Waals surface area contributed by atoms with Crippen LogP contribution < -0.4 is 4.72 Å². The van der Waals surface area contributed by atoms with Crippen LogP contribution in [-0.2, 0) is 14.8 Å². The van der Waals surface area contributed by atoms with Gasteiger partial charge in [0.15, 0.2) is 0 Å². The molecule has 3 aliphatic rings. The van der Waals surface area contributed by atoms with Crippen molar-refractivity contribution in [2.24, 2.45) is 5.92 Å². The molecule has 24 heavy (non-hydrogen) atoms. The van der Waals surface area contributed by atoms with Crippen molar-refractivity contribution in [1.82, 2.24) is 9.62 Å². The molecule has 3 fully saturated rings. The van der Waals surface area contributed by atoms with Crippen LogP contribution in [0.4, 0.5) is 4.39 Å². The van der Waals surface area contributed by atoms with Crippen LogP contribution in [0.3, 0.4) is 0 Å². The van der Waals surface area contributed by atoms with Gasteiger partial charge in [-0.05, 0) is 49.8 Å². The van der Waals surface area contributed by atoms with E-state index in [0.29, 0.717) is 37.2 Å². The molecule has 4 rings (SSSR count). The summed E-state index contributed by atoms with van der Waals surface area (Å²) in [5, 5.41) is 0. The molecule has 1 aromatic carbocycles. The van der Waals surface area contributed by atoms with Gasteiger partial charge in [-0.2, -0.15) is 0 Å². The van der Waals surface area contributed by atoms with Crippen molar-refractivity contribution in [3.63, 3.8) is 0 Å². The zero-order chi connectivity index (χ0) is 16.9. The number of sulfonamides is 1. The lowest BCUT2D eigenvalue weighted by Crippen LogP contribution is -2.47. The smallest absolute Gasteiger partial charge is 0.243 e. The summed E-state index contributed by atoms with van der Waals surface area (Å²) < 4.78 is 47.6. The molecule has 0 aromatic heterocycles. The van der Waals surface area contributed by atoms with Crippen LogP contribution >= 0.6 is 0 Å². The van der Waals surface area contributed by atoms with Gasteiger partial charge in [-0.1, -0.05) is 6.07 Å². The number of ether oxygens (including phenoxy) is 1. The maximum Gasteiger partial charge on any atom is 0.243 e. The van der Waals surface area contributed by atoms with Crippen LogP contribution in [0.1, 0.15) is 24.8 Å². The third-order valence-corrected chi connectivity index (χ3v) is 6.85. The van der Waals surface area contributed by atoms with Gasteiger partial charge in [0.25, 0.3) is 0 Å². The molecule has 7 heteroatoms. The molecule has 1 aromatic rings. The van der Waals surface area contributed by atoms with E-state index in [2.05, 4.69) is 9.62 Å². The molecule has 1 saturated carbocycles. The first-order chi connectivity index (χ1) is 11.4. The van der Waals surface area contributed by atoms with Crippen molar-refractivity contribution >= 4 is 10.0 Å². The molecule has 2 aliphatic heterocycles. The van der Waals surface area contributed by atoms with Crippen molar-refractivity contribution in [1.29, 1.82) is 0 Å².